The Morgan fingerprint density at radius 2 is 1.83 bits per heavy atom. The zero-order valence-electron chi connectivity index (χ0n) is 13.0. The SMILES string of the molecule is C#CC(C)(C)Oc1ccc2c(=O)cc(-c3ccccc3)oc2c1. The minimum atomic E-state index is -0.731. The van der Waals surface area contributed by atoms with E-state index >= 15 is 0 Å². The van der Waals surface area contributed by atoms with Gasteiger partial charge in [0, 0.05) is 17.7 Å². The zero-order chi connectivity index (χ0) is 16.4. The predicted octanol–water partition coefficient (Wildman–Crippen LogP) is 4.25. The fourth-order valence-corrected chi connectivity index (χ4v) is 2.27. The smallest absolute Gasteiger partial charge is 0.193 e. The summed E-state index contributed by atoms with van der Waals surface area (Å²) in [6, 6.07) is 16.1. The topological polar surface area (TPSA) is 39.4 Å². The quantitative estimate of drug-likeness (QED) is 0.679. The lowest BCUT2D eigenvalue weighted by Crippen LogP contribution is -2.25. The van der Waals surface area contributed by atoms with Crippen LogP contribution in [0.4, 0.5) is 0 Å². The maximum Gasteiger partial charge on any atom is 0.193 e. The molecule has 0 bridgehead atoms. The van der Waals surface area contributed by atoms with Crippen molar-refractivity contribution in [3.8, 4) is 29.4 Å². The van der Waals surface area contributed by atoms with E-state index in [0.29, 0.717) is 22.5 Å². The van der Waals surface area contributed by atoms with Gasteiger partial charge in [0.05, 0.1) is 5.39 Å². The Bertz CT molecular complexity index is 944. The molecule has 0 saturated heterocycles. The second-order valence-electron chi connectivity index (χ2n) is 5.76. The van der Waals surface area contributed by atoms with Crippen molar-refractivity contribution >= 4 is 11.0 Å². The Morgan fingerprint density at radius 1 is 1.09 bits per heavy atom. The largest absolute Gasteiger partial charge is 0.475 e. The lowest BCUT2D eigenvalue weighted by atomic mass is 10.1. The maximum atomic E-state index is 12.3. The van der Waals surface area contributed by atoms with Crippen LogP contribution in [0.1, 0.15) is 13.8 Å². The van der Waals surface area contributed by atoms with Gasteiger partial charge in [-0.25, -0.2) is 0 Å². The molecule has 0 aliphatic heterocycles. The lowest BCUT2D eigenvalue weighted by molar-refractivity contribution is 0.172. The third-order valence-electron chi connectivity index (χ3n) is 3.48. The maximum absolute atomic E-state index is 12.3. The van der Waals surface area contributed by atoms with Gasteiger partial charge >= 0.3 is 0 Å². The van der Waals surface area contributed by atoms with E-state index in [-0.39, 0.29) is 5.43 Å². The number of hydrogen-bond donors (Lipinski definition) is 0. The summed E-state index contributed by atoms with van der Waals surface area (Å²) >= 11 is 0. The summed E-state index contributed by atoms with van der Waals surface area (Å²) in [4.78, 5) is 12.3. The number of fused-ring (bicyclic) bond motifs is 1. The molecule has 0 unspecified atom stereocenters. The summed E-state index contributed by atoms with van der Waals surface area (Å²) in [5.41, 5.74) is 0.502. The first-order valence-corrected chi connectivity index (χ1v) is 7.29. The average Bonchev–Trinajstić information content (AvgIpc) is 2.55. The Morgan fingerprint density at radius 3 is 2.52 bits per heavy atom. The van der Waals surface area contributed by atoms with E-state index in [0.717, 1.165) is 5.56 Å². The molecule has 0 spiro atoms. The van der Waals surface area contributed by atoms with Gasteiger partial charge in [0.15, 0.2) is 11.0 Å². The van der Waals surface area contributed by atoms with E-state index in [2.05, 4.69) is 5.92 Å². The van der Waals surface area contributed by atoms with Gasteiger partial charge in [0.25, 0.3) is 0 Å². The van der Waals surface area contributed by atoms with Gasteiger partial charge in [-0.3, -0.25) is 4.79 Å². The molecule has 0 N–H and O–H groups in total. The van der Waals surface area contributed by atoms with Gasteiger partial charge in [-0.15, -0.1) is 6.42 Å². The molecule has 3 rings (SSSR count). The zero-order valence-corrected chi connectivity index (χ0v) is 13.0. The summed E-state index contributed by atoms with van der Waals surface area (Å²) < 4.78 is 11.6. The highest BCUT2D eigenvalue weighted by Crippen LogP contribution is 2.26. The van der Waals surface area contributed by atoms with Crippen LogP contribution in [-0.4, -0.2) is 5.60 Å². The molecule has 0 aliphatic rings. The first-order valence-electron chi connectivity index (χ1n) is 7.29. The third-order valence-corrected chi connectivity index (χ3v) is 3.48. The van der Waals surface area contributed by atoms with Crippen molar-refractivity contribution in [2.45, 2.75) is 19.4 Å². The molecule has 2 aromatic carbocycles. The summed E-state index contributed by atoms with van der Waals surface area (Å²) in [6.45, 7) is 3.60. The number of ether oxygens (including phenoxy) is 1. The van der Waals surface area contributed by atoms with Gasteiger partial charge in [-0.05, 0) is 26.0 Å². The van der Waals surface area contributed by atoms with Crippen LogP contribution in [-0.2, 0) is 0 Å². The minimum Gasteiger partial charge on any atom is -0.475 e. The van der Waals surface area contributed by atoms with Crippen molar-refractivity contribution in [2.24, 2.45) is 0 Å². The molecule has 0 amide bonds. The van der Waals surface area contributed by atoms with Crippen LogP contribution in [0.2, 0.25) is 0 Å². The fraction of sp³-hybridized carbons (Fsp3) is 0.150. The minimum absolute atomic E-state index is 0.0899. The normalized spacial score (nSPS) is 11.2. The fourth-order valence-electron chi connectivity index (χ4n) is 2.27. The van der Waals surface area contributed by atoms with Crippen LogP contribution in [0.15, 0.2) is 63.8 Å². The van der Waals surface area contributed by atoms with Gasteiger partial charge in [0.1, 0.15) is 17.1 Å². The Kier molecular flexibility index (Phi) is 3.67. The van der Waals surface area contributed by atoms with Crippen molar-refractivity contribution in [2.75, 3.05) is 0 Å². The van der Waals surface area contributed by atoms with Gasteiger partial charge in [0.2, 0.25) is 0 Å². The van der Waals surface area contributed by atoms with Crippen molar-refractivity contribution in [1.82, 2.24) is 0 Å². The molecule has 0 radical (unpaired) electrons. The highest BCUT2D eigenvalue weighted by Gasteiger charge is 2.16. The standard InChI is InChI=1S/C20H16O3/c1-4-20(2,3)23-15-10-11-16-17(21)13-18(22-19(16)12-15)14-8-6-5-7-9-14/h1,5-13H,2-3H3. The van der Waals surface area contributed by atoms with Gasteiger partial charge in [-0.1, -0.05) is 36.3 Å². The van der Waals surface area contributed by atoms with Crippen LogP contribution >= 0.6 is 0 Å². The third kappa shape index (κ3) is 3.12. The molecule has 1 aromatic heterocycles. The van der Waals surface area contributed by atoms with Crippen LogP contribution < -0.4 is 10.2 Å². The van der Waals surface area contributed by atoms with Gasteiger partial charge in [-0.2, -0.15) is 0 Å². The molecular weight excluding hydrogens is 288 g/mol. The summed E-state index contributed by atoms with van der Waals surface area (Å²) in [6.07, 6.45) is 5.44. The second-order valence-corrected chi connectivity index (χ2v) is 5.76. The van der Waals surface area contributed by atoms with Gasteiger partial charge < -0.3 is 9.15 Å². The lowest BCUT2D eigenvalue weighted by Gasteiger charge is -2.20. The Balaban J connectivity index is 2.11. The number of terminal acetylenes is 1. The molecule has 114 valence electrons. The van der Waals surface area contributed by atoms with E-state index in [4.69, 9.17) is 15.6 Å². The molecule has 1 heterocycles. The van der Waals surface area contributed by atoms with Crippen molar-refractivity contribution in [3.05, 3.63) is 64.8 Å². The molecule has 0 aliphatic carbocycles. The summed E-state index contributed by atoms with van der Waals surface area (Å²) in [7, 11) is 0. The number of hydrogen-bond acceptors (Lipinski definition) is 3. The second kappa shape index (κ2) is 5.66. The van der Waals surface area contributed by atoms with Crippen LogP contribution in [0, 0.1) is 12.3 Å². The highest BCUT2D eigenvalue weighted by atomic mass is 16.5. The van der Waals surface area contributed by atoms with E-state index in [9.17, 15) is 4.79 Å². The number of benzene rings is 2. The molecule has 0 saturated carbocycles. The molecule has 0 atom stereocenters. The molecule has 3 aromatic rings. The van der Waals surface area contributed by atoms with Crippen molar-refractivity contribution in [1.29, 1.82) is 0 Å². The average molecular weight is 304 g/mol. The summed E-state index contributed by atoms with van der Waals surface area (Å²) in [5.74, 6) is 3.66. The Labute approximate surface area is 134 Å². The first-order chi connectivity index (χ1) is 11.0. The Hall–Kier alpha value is -2.99. The van der Waals surface area contributed by atoms with E-state index in [1.54, 1.807) is 32.0 Å². The van der Waals surface area contributed by atoms with Crippen LogP contribution in [0.25, 0.3) is 22.3 Å². The molecule has 3 heteroatoms. The number of rotatable bonds is 3. The van der Waals surface area contributed by atoms with E-state index < -0.39 is 5.60 Å². The molecule has 23 heavy (non-hydrogen) atoms. The van der Waals surface area contributed by atoms with Crippen LogP contribution in [0.3, 0.4) is 0 Å². The van der Waals surface area contributed by atoms with E-state index in [1.165, 1.54) is 6.07 Å². The highest BCUT2D eigenvalue weighted by molar-refractivity contribution is 5.80. The monoisotopic (exact) mass is 304 g/mol. The molecular formula is C20H16O3. The molecule has 3 nitrogen and oxygen atoms in total. The van der Waals surface area contributed by atoms with Crippen LogP contribution in [0.5, 0.6) is 5.75 Å². The molecule has 0 fully saturated rings. The summed E-state index contributed by atoms with van der Waals surface area (Å²) in [5, 5.41) is 0.510. The van der Waals surface area contributed by atoms with Crippen molar-refractivity contribution in [3.63, 3.8) is 0 Å². The van der Waals surface area contributed by atoms with Crippen molar-refractivity contribution < 1.29 is 9.15 Å². The van der Waals surface area contributed by atoms with E-state index in [1.807, 2.05) is 30.3 Å². The first kappa shape index (κ1) is 14.9. The predicted molar refractivity (Wildman–Crippen MR) is 91.5 cm³/mol.